The molecule has 1 heterocycles. The van der Waals surface area contributed by atoms with Crippen molar-refractivity contribution in [2.75, 3.05) is 0 Å². The van der Waals surface area contributed by atoms with Gasteiger partial charge in [-0.05, 0) is 66.9 Å². The molecule has 0 saturated carbocycles. The molecule has 0 aliphatic carbocycles. The summed E-state index contributed by atoms with van der Waals surface area (Å²) in [6.07, 6.45) is 0. The number of quaternary nitrogens is 1. The van der Waals surface area contributed by atoms with E-state index in [1.165, 1.54) is 12.1 Å². The number of carboxylic acid groups (broad SMARTS) is 1. The van der Waals surface area contributed by atoms with Gasteiger partial charge in [0.2, 0.25) is 0 Å². The third kappa shape index (κ3) is 3.98. The zero-order valence-corrected chi connectivity index (χ0v) is 17.3. The molecule has 4 aromatic rings. The Labute approximate surface area is 176 Å². The van der Waals surface area contributed by atoms with Crippen LogP contribution in [0.25, 0.3) is 22.2 Å². The lowest BCUT2D eigenvalue weighted by atomic mass is 10.0. The highest BCUT2D eigenvalue weighted by atomic mass is 35.5. The molecule has 30 heavy (non-hydrogen) atoms. The average molecular weight is 428 g/mol. The second kappa shape index (κ2) is 8.14. The van der Waals surface area contributed by atoms with Gasteiger partial charge in [-0.25, -0.2) is 4.39 Å². The number of hydrogen-bond acceptors (Lipinski definition) is 4. The number of imidazole rings is 1. The SMILES string of the molecule is Cc1cc(-c2cc3nc(Oc4ccc(C)c(C(=O)[O-])c4)[nH]c3cc2Cl)ccc1F.[NH4+]. The van der Waals surface area contributed by atoms with Crippen molar-refractivity contribution >= 4 is 28.6 Å². The van der Waals surface area contributed by atoms with Crippen molar-refractivity contribution < 1.29 is 19.0 Å². The van der Waals surface area contributed by atoms with Crippen LogP contribution in [0.15, 0.2) is 48.5 Å². The van der Waals surface area contributed by atoms with Crippen molar-refractivity contribution in [2.45, 2.75) is 13.8 Å². The molecule has 0 aliphatic rings. The summed E-state index contributed by atoms with van der Waals surface area (Å²) < 4.78 is 19.3. The quantitative estimate of drug-likeness (QED) is 0.467. The van der Waals surface area contributed by atoms with Crippen LogP contribution in [0, 0.1) is 19.7 Å². The lowest BCUT2D eigenvalue weighted by molar-refractivity contribution is -0.255. The van der Waals surface area contributed by atoms with Gasteiger partial charge in [0, 0.05) is 11.1 Å². The van der Waals surface area contributed by atoms with Crippen LogP contribution in [0.2, 0.25) is 5.02 Å². The number of H-pyrrole nitrogens is 1. The first-order valence-corrected chi connectivity index (χ1v) is 9.15. The lowest BCUT2D eigenvalue weighted by Crippen LogP contribution is -2.23. The minimum absolute atomic E-state index is 0. The van der Waals surface area contributed by atoms with Crippen LogP contribution < -0.4 is 16.0 Å². The first-order valence-electron chi connectivity index (χ1n) is 8.77. The van der Waals surface area contributed by atoms with Gasteiger partial charge in [0.1, 0.15) is 11.6 Å². The molecule has 0 aliphatic heterocycles. The largest absolute Gasteiger partial charge is 0.545 e. The second-order valence-electron chi connectivity index (χ2n) is 6.72. The van der Waals surface area contributed by atoms with Gasteiger partial charge in [-0.1, -0.05) is 23.7 Å². The van der Waals surface area contributed by atoms with E-state index >= 15 is 0 Å². The molecule has 1 aromatic heterocycles. The number of rotatable bonds is 4. The number of carbonyl (C=O) groups excluding carboxylic acids is 1. The molecule has 0 radical (unpaired) electrons. The van der Waals surface area contributed by atoms with E-state index in [-0.39, 0.29) is 23.5 Å². The first-order chi connectivity index (χ1) is 13.8. The fourth-order valence-electron chi connectivity index (χ4n) is 3.08. The zero-order chi connectivity index (χ0) is 20.7. The number of aromatic carboxylic acids is 1. The smallest absolute Gasteiger partial charge is 0.300 e. The predicted molar refractivity (Wildman–Crippen MR) is 113 cm³/mol. The summed E-state index contributed by atoms with van der Waals surface area (Å²) in [5.41, 5.74) is 3.90. The van der Waals surface area contributed by atoms with Gasteiger partial charge in [0.05, 0.1) is 22.0 Å². The van der Waals surface area contributed by atoms with E-state index in [1.807, 2.05) is 0 Å². The maximum atomic E-state index is 13.6. The van der Waals surface area contributed by atoms with Crippen molar-refractivity contribution in [1.82, 2.24) is 16.1 Å². The first kappa shape index (κ1) is 21.3. The molecule has 0 saturated heterocycles. The third-order valence-corrected chi connectivity index (χ3v) is 4.97. The van der Waals surface area contributed by atoms with E-state index in [4.69, 9.17) is 16.3 Å². The Morgan fingerprint density at radius 1 is 1.10 bits per heavy atom. The minimum atomic E-state index is -1.27. The molecule has 6 nitrogen and oxygen atoms in total. The Hall–Kier alpha value is -3.42. The standard InChI is InChI=1S/C22H16ClFN2O3.H3N/c1-11-3-5-14(8-15(11)21(27)28)29-22-25-19-9-16(17(23)10-20(19)26-22)13-4-6-18(24)12(2)7-13;/h3-10H,1-2H3,(H,25,26)(H,27,28);1H3. The number of halogens is 2. The fraction of sp³-hybridized carbons (Fsp3) is 0.0909. The normalized spacial score (nSPS) is 10.7. The number of nitrogens with zero attached hydrogens (tertiary/aromatic N) is 1. The van der Waals surface area contributed by atoms with Crippen LogP contribution in [0.5, 0.6) is 11.8 Å². The van der Waals surface area contributed by atoms with Crippen molar-refractivity contribution in [2.24, 2.45) is 0 Å². The maximum absolute atomic E-state index is 13.6. The van der Waals surface area contributed by atoms with Crippen LogP contribution in [0.3, 0.4) is 0 Å². The summed E-state index contributed by atoms with van der Waals surface area (Å²) in [6, 6.07) is 13.1. The number of carbonyl (C=O) groups is 1. The van der Waals surface area contributed by atoms with Gasteiger partial charge in [-0.3, -0.25) is 0 Å². The van der Waals surface area contributed by atoms with E-state index < -0.39 is 5.97 Å². The van der Waals surface area contributed by atoms with E-state index in [9.17, 15) is 14.3 Å². The van der Waals surface area contributed by atoms with Crippen molar-refractivity contribution in [3.8, 4) is 22.9 Å². The van der Waals surface area contributed by atoms with Crippen LogP contribution in [-0.2, 0) is 0 Å². The lowest BCUT2D eigenvalue weighted by Gasteiger charge is -2.09. The molecule has 0 bridgehead atoms. The van der Waals surface area contributed by atoms with Gasteiger partial charge >= 0.3 is 0 Å². The number of benzene rings is 3. The molecule has 0 atom stereocenters. The number of hydrogen-bond donors (Lipinski definition) is 2. The molecule has 154 valence electrons. The summed E-state index contributed by atoms with van der Waals surface area (Å²) >= 11 is 6.42. The summed E-state index contributed by atoms with van der Waals surface area (Å²) in [6.45, 7) is 3.37. The van der Waals surface area contributed by atoms with Crippen LogP contribution in [0.4, 0.5) is 4.39 Å². The summed E-state index contributed by atoms with van der Waals surface area (Å²) in [5.74, 6) is -1.24. The Bertz CT molecular complexity index is 1270. The molecule has 0 amide bonds. The minimum Gasteiger partial charge on any atom is -0.545 e. The van der Waals surface area contributed by atoms with Gasteiger partial charge in [0.15, 0.2) is 0 Å². The molecular weight excluding hydrogens is 409 g/mol. The van der Waals surface area contributed by atoms with Crippen LogP contribution in [-0.4, -0.2) is 15.9 Å². The molecule has 0 unspecified atom stereocenters. The number of aromatic nitrogens is 2. The van der Waals surface area contributed by atoms with Crippen molar-refractivity contribution in [3.05, 3.63) is 76.1 Å². The number of aromatic amines is 1. The number of carboxylic acids is 1. The third-order valence-electron chi connectivity index (χ3n) is 4.66. The highest BCUT2D eigenvalue weighted by Crippen LogP contribution is 2.34. The number of ether oxygens (including phenoxy) is 1. The Balaban J connectivity index is 0.00000256. The maximum Gasteiger partial charge on any atom is 0.300 e. The molecule has 8 heteroatoms. The highest BCUT2D eigenvalue weighted by molar-refractivity contribution is 6.34. The molecule has 3 aromatic carbocycles. The molecule has 4 rings (SSSR count). The second-order valence-corrected chi connectivity index (χ2v) is 7.13. The molecule has 0 fully saturated rings. The Morgan fingerprint density at radius 3 is 2.57 bits per heavy atom. The Morgan fingerprint density at radius 2 is 1.87 bits per heavy atom. The van der Waals surface area contributed by atoms with Crippen LogP contribution >= 0.6 is 11.6 Å². The number of aryl methyl sites for hydroxylation is 2. The van der Waals surface area contributed by atoms with Crippen molar-refractivity contribution in [3.63, 3.8) is 0 Å². The van der Waals surface area contributed by atoms with Crippen LogP contribution in [0.1, 0.15) is 21.5 Å². The Kier molecular flexibility index (Phi) is 5.78. The summed E-state index contributed by atoms with van der Waals surface area (Å²) in [4.78, 5) is 18.6. The van der Waals surface area contributed by atoms with E-state index in [0.717, 1.165) is 11.1 Å². The molecular formula is C22H19ClFN3O3. The van der Waals surface area contributed by atoms with Gasteiger partial charge in [-0.15, -0.1) is 0 Å². The highest BCUT2D eigenvalue weighted by Gasteiger charge is 2.12. The fourth-order valence-corrected chi connectivity index (χ4v) is 3.36. The summed E-state index contributed by atoms with van der Waals surface area (Å²) in [7, 11) is 0. The topological polar surface area (TPSA) is 115 Å². The van der Waals surface area contributed by atoms with Gasteiger partial charge in [0.25, 0.3) is 6.01 Å². The van der Waals surface area contributed by atoms with Crippen molar-refractivity contribution in [1.29, 1.82) is 0 Å². The van der Waals surface area contributed by atoms with Gasteiger partial charge in [-0.2, -0.15) is 4.98 Å². The van der Waals surface area contributed by atoms with Gasteiger partial charge < -0.3 is 25.8 Å². The number of nitrogens with one attached hydrogen (secondary N) is 1. The number of fused-ring (bicyclic) bond motifs is 1. The zero-order valence-electron chi connectivity index (χ0n) is 16.5. The molecule has 0 spiro atoms. The average Bonchev–Trinajstić information content (AvgIpc) is 3.05. The van der Waals surface area contributed by atoms with E-state index in [0.29, 0.717) is 32.9 Å². The van der Waals surface area contributed by atoms with E-state index in [1.54, 1.807) is 50.2 Å². The van der Waals surface area contributed by atoms with E-state index in [2.05, 4.69) is 9.97 Å². The molecule has 5 N–H and O–H groups in total. The monoisotopic (exact) mass is 427 g/mol. The summed E-state index contributed by atoms with van der Waals surface area (Å²) in [5, 5.41) is 11.7. The predicted octanol–water partition coefficient (Wildman–Crippen LogP) is 5.17.